The summed E-state index contributed by atoms with van der Waals surface area (Å²) in [5.74, 6) is -1.26. The van der Waals surface area contributed by atoms with Crippen molar-refractivity contribution < 1.29 is 13.5 Å². The number of thiophene rings is 1. The van der Waals surface area contributed by atoms with Crippen molar-refractivity contribution in [2.24, 2.45) is 0 Å². The number of hydrogen-bond acceptors (Lipinski definition) is 2. The van der Waals surface area contributed by atoms with Crippen LogP contribution in [0.1, 0.15) is 22.1 Å². The summed E-state index contributed by atoms with van der Waals surface area (Å²) < 4.78 is 32.5. The van der Waals surface area contributed by atoms with Gasteiger partial charge in [-0.15, -0.1) is 11.6 Å². The molecule has 0 aliphatic carbocycles. The van der Waals surface area contributed by atoms with Crippen LogP contribution in [0.3, 0.4) is 0 Å². The molecule has 0 aliphatic heterocycles. The van der Waals surface area contributed by atoms with E-state index in [0.717, 1.165) is 23.3 Å². The third-order valence-electron chi connectivity index (χ3n) is 2.71. The molecule has 1 aromatic carbocycles. The SMILES string of the molecule is COc1cc(F)c(C(Cl)c2cscc2C)c(F)c1. The number of benzene rings is 1. The van der Waals surface area contributed by atoms with Crippen molar-refractivity contribution in [2.75, 3.05) is 7.11 Å². The minimum Gasteiger partial charge on any atom is -0.497 e. The molecule has 96 valence electrons. The van der Waals surface area contributed by atoms with E-state index < -0.39 is 17.0 Å². The number of rotatable bonds is 3. The van der Waals surface area contributed by atoms with E-state index in [0.29, 0.717) is 0 Å². The van der Waals surface area contributed by atoms with Gasteiger partial charge in [-0.1, -0.05) is 0 Å². The van der Waals surface area contributed by atoms with Crippen LogP contribution in [0.25, 0.3) is 0 Å². The molecule has 2 rings (SSSR count). The Kier molecular flexibility index (Phi) is 3.88. The summed E-state index contributed by atoms with van der Waals surface area (Å²) >= 11 is 7.62. The molecule has 1 nitrogen and oxygen atoms in total. The van der Waals surface area contributed by atoms with Crippen LogP contribution in [0.2, 0.25) is 0 Å². The van der Waals surface area contributed by atoms with Crippen molar-refractivity contribution in [3.8, 4) is 5.75 Å². The van der Waals surface area contributed by atoms with Crippen molar-refractivity contribution in [3.05, 3.63) is 51.2 Å². The molecule has 1 aromatic heterocycles. The number of hydrogen-bond donors (Lipinski definition) is 0. The normalized spacial score (nSPS) is 12.5. The Morgan fingerprint density at radius 2 is 1.83 bits per heavy atom. The fourth-order valence-corrected chi connectivity index (χ4v) is 3.10. The average molecular weight is 289 g/mol. The molecule has 18 heavy (non-hydrogen) atoms. The van der Waals surface area contributed by atoms with E-state index in [4.69, 9.17) is 16.3 Å². The first-order valence-corrected chi connectivity index (χ1v) is 6.62. The van der Waals surface area contributed by atoms with Crippen LogP contribution in [0.5, 0.6) is 5.75 Å². The fraction of sp³-hybridized carbons (Fsp3) is 0.231. The van der Waals surface area contributed by atoms with E-state index in [2.05, 4.69) is 0 Å². The third-order valence-corrected chi connectivity index (χ3v) is 4.04. The molecule has 1 unspecified atom stereocenters. The predicted octanol–water partition coefficient (Wildman–Crippen LogP) is 4.67. The van der Waals surface area contributed by atoms with Crippen molar-refractivity contribution in [1.82, 2.24) is 0 Å². The van der Waals surface area contributed by atoms with Gasteiger partial charge in [-0.25, -0.2) is 8.78 Å². The topological polar surface area (TPSA) is 9.23 Å². The van der Waals surface area contributed by atoms with Gasteiger partial charge in [-0.05, 0) is 28.8 Å². The number of halogens is 3. The molecule has 1 heterocycles. The molecule has 1 atom stereocenters. The van der Waals surface area contributed by atoms with E-state index >= 15 is 0 Å². The first-order chi connectivity index (χ1) is 8.54. The Hall–Kier alpha value is -1.13. The van der Waals surface area contributed by atoms with E-state index in [1.807, 2.05) is 12.3 Å². The smallest absolute Gasteiger partial charge is 0.134 e. The van der Waals surface area contributed by atoms with Crippen molar-refractivity contribution in [1.29, 1.82) is 0 Å². The van der Waals surface area contributed by atoms with E-state index in [1.54, 1.807) is 5.38 Å². The van der Waals surface area contributed by atoms with Gasteiger partial charge in [0.2, 0.25) is 0 Å². The second-order valence-electron chi connectivity index (χ2n) is 3.88. The zero-order valence-corrected chi connectivity index (χ0v) is 11.4. The van der Waals surface area contributed by atoms with Crippen molar-refractivity contribution in [2.45, 2.75) is 12.3 Å². The predicted molar refractivity (Wildman–Crippen MR) is 69.7 cm³/mol. The van der Waals surface area contributed by atoms with Gasteiger partial charge in [0.25, 0.3) is 0 Å². The highest BCUT2D eigenvalue weighted by Crippen LogP contribution is 2.37. The van der Waals surface area contributed by atoms with Gasteiger partial charge in [0.05, 0.1) is 12.5 Å². The first-order valence-electron chi connectivity index (χ1n) is 5.24. The molecule has 0 bridgehead atoms. The minimum atomic E-state index is -0.831. The second-order valence-corrected chi connectivity index (χ2v) is 5.06. The zero-order chi connectivity index (χ0) is 13.3. The average Bonchev–Trinajstić information content (AvgIpc) is 2.74. The van der Waals surface area contributed by atoms with Crippen LogP contribution < -0.4 is 4.74 Å². The van der Waals surface area contributed by atoms with Crippen LogP contribution in [-0.2, 0) is 0 Å². The van der Waals surface area contributed by atoms with Gasteiger partial charge in [0.15, 0.2) is 0 Å². The maximum Gasteiger partial charge on any atom is 0.134 e. The molecule has 0 aliphatic rings. The molecule has 5 heteroatoms. The minimum absolute atomic E-state index is 0.139. The molecular weight excluding hydrogens is 278 g/mol. The third kappa shape index (κ3) is 2.35. The summed E-state index contributed by atoms with van der Waals surface area (Å²) in [4.78, 5) is 0. The van der Waals surface area contributed by atoms with Crippen LogP contribution in [0.15, 0.2) is 22.9 Å². The van der Waals surface area contributed by atoms with Gasteiger partial charge in [0, 0.05) is 17.7 Å². The van der Waals surface area contributed by atoms with Crippen LogP contribution >= 0.6 is 22.9 Å². The first kappa shape index (κ1) is 13.3. The lowest BCUT2D eigenvalue weighted by Crippen LogP contribution is -2.02. The molecule has 0 N–H and O–H groups in total. The second kappa shape index (κ2) is 5.24. The Morgan fingerprint density at radius 3 is 2.28 bits per heavy atom. The highest BCUT2D eigenvalue weighted by atomic mass is 35.5. The highest BCUT2D eigenvalue weighted by Gasteiger charge is 2.22. The maximum absolute atomic E-state index is 13.9. The van der Waals surface area contributed by atoms with E-state index in [-0.39, 0.29) is 11.3 Å². The summed E-state index contributed by atoms with van der Waals surface area (Å²) in [6.45, 7) is 1.86. The van der Waals surface area contributed by atoms with Gasteiger partial charge in [0.1, 0.15) is 17.4 Å². The monoisotopic (exact) mass is 288 g/mol. The van der Waals surface area contributed by atoms with Crippen molar-refractivity contribution in [3.63, 3.8) is 0 Å². The van der Waals surface area contributed by atoms with E-state index in [9.17, 15) is 8.78 Å². The number of aryl methyl sites for hydroxylation is 1. The molecule has 0 amide bonds. The Balaban J connectivity index is 2.48. The Morgan fingerprint density at radius 1 is 1.22 bits per heavy atom. The number of methoxy groups -OCH3 is 1. The summed E-state index contributed by atoms with van der Waals surface area (Å²) in [6, 6.07) is 2.27. The quantitative estimate of drug-likeness (QED) is 0.746. The molecular formula is C13H11ClF2OS. The molecule has 0 radical (unpaired) electrons. The summed E-state index contributed by atoms with van der Waals surface area (Å²) in [7, 11) is 1.36. The van der Waals surface area contributed by atoms with Gasteiger partial charge in [-0.2, -0.15) is 11.3 Å². The van der Waals surface area contributed by atoms with Crippen LogP contribution in [0, 0.1) is 18.6 Å². The largest absolute Gasteiger partial charge is 0.497 e. The summed E-state index contributed by atoms with van der Waals surface area (Å²) in [5, 5.41) is 2.86. The lowest BCUT2D eigenvalue weighted by Gasteiger charge is -2.13. The van der Waals surface area contributed by atoms with Gasteiger partial charge < -0.3 is 4.74 Å². The zero-order valence-electron chi connectivity index (χ0n) is 9.84. The van der Waals surface area contributed by atoms with Crippen LogP contribution in [0.4, 0.5) is 8.78 Å². The highest BCUT2D eigenvalue weighted by molar-refractivity contribution is 7.08. The number of alkyl halides is 1. The Bertz CT molecular complexity index is 545. The van der Waals surface area contributed by atoms with Gasteiger partial charge in [-0.3, -0.25) is 0 Å². The standard InChI is InChI=1S/C13H11ClF2OS/c1-7-5-18-6-9(7)13(14)12-10(15)3-8(17-2)4-11(12)16/h3-6,13H,1-2H3. The van der Waals surface area contributed by atoms with E-state index in [1.165, 1.54) is 18.4 Å². The molecule has 0 fully saturated rings. The number of ether oxygens (including phenoxy) is 1. The molecule has 0 saturated heterocycles. The summed E-state index contributed by atoms with van der Waals surface area (Å²) in [6.07, 6.45) is 0. The lowest BCUT2D eigenvalue weighted by atomic mass is 10.0. The maximum atomic E-state index is 13.9. The Labute approximate surface area is 113 Å². The van der Waals surface area contributed by atoms with Gasteiger partial charge >= 0.3 is 0 Å². The molecule has 0 saturated carbocycles. The lowest BCUT2D eigenvalue weighted by molar-refractivity contribution is 0.405. The fourth-order valence-electron chi connectivity index (χ4n) is 1.71. The summed E-state index contributed by atoms with van der Waals surface area (Å²) in [5.41, 5.74) is 1.51. The van der Waals surface area contributed by atoms with Crippen LogP contribution in [-0.4, -0.2) is 7.11 Å². The van der Waals surface area contributed by atoms with Crippen molar-refractivity contribution >= 4 is 22.9 Å². The molecule has 2 aromatic rings. The molecule has 0 spiro atoms.